The molecule has 1 aliphatic carbocycles. The van der Waals surface area contributed by atoms with E-state index in [0.717, 1.165) is 11.9 Å². The number of hydrogen-bond donors (Lipinski definition) is 0. The predicted molar refractivity (Wildman–Crippen MR) is 132 cm³/mol. The molecule has 6 aromatic rings. The van der Waals surface area contributed by atoms with Crippen LogP contribution in [0.2, 0.25) is 0 Å². The van der Waals surface area contributed by atoms with Gasteiger partial charge in [0.2, 0.25) is 0 Å². The van der Waals surface area contributed by atoms with E-state index in [1.54, 1.807) is 0 Å². The zero-order valence-electron chi connectivity index (χ0n) is 18.8. The minimum absolute atomic E-state index is 0.107. The molecule has 3 aromatic carbocycles. The summed E-state index contributed by atoms with van der Waals surface area (Å²) in [5.74, 6) is 0. The molecule has 2 nitrogen and oxygen atoms in total. The van der Waals surface area contributed by atoms with Gasteiger partial charge < -0.3 is 4.40 Å². The van der Waals surface area contributed by atoms with Crippen molar-refractivity contribution < 1.29 is 0 Å². The lowest BCUT2D eigenvalue weighted by atomic mass is 9.81. The quantitative estimate of drug-likeness (QED) is 0.188. The summed E-state index contributed by atoms with van der Waals surface area (Å²) in [6.07, 6.45) is 3.15. The highest BCUT2D eigenvalue weighted by atomic mass is 14.9. The van der Waals surface area contributed by atoms with Crippen molar-refractivity contribution >= 4 is 49.0 Å². The number of benzene rings is 3. The minimum atomic E-state index is 0.107. The van der Waals surface area contributed by atoms with Crippen LogP contribution in [0.5, 0.6) is 0 Å². The number of aryl methyl sites for hydroxylation is 1. The molecule has 0 bridgehead atoms. The molecule has 0 radical (unpaired) electrons. The molecule has 2 heteroatoms. The fraction of sp³-hybridized carbons (Fsp3) is 0.276. The maximum absolute atomic E-state index is 4.97. The Morgan fingerprint density at radius 2 is 1.61 bits per heavy atom. The van der Waals surface area contributed by atoms with E-state index in [2.05, 4.69) is 87.6 Å². The topological polar surface area (TPSA) is 17.3 Å². The van der Waals surface area contributed by atoms with E-state index < -0.39 is 0 Å². The maximum atomic E-state index is 4.97. The van der Waals surface area contributed by atoms with Crippen LogP contribution in [0, 0.1) is 6.92 Å². The zero-order chi connectivity index (χ0) is 21.3. The molecular formula is C29H26N2. The van der Waals surface area contributed by atoms with E-state index in [0.29, 0.717) is 0 Å². The second kappa shape index (κ2) is 5.19. The van der Waals surface area contributed by atoms with Crippen LogP contribution in [0.15, 0.2) is 54.7 Å². The van der Waals surface area contributed by atoms with E-state index in [4.69, 9.17) is 4.98 Å². The highest BCUT2D eigenvalue weighted by Crippen LogP contribution is 2.54. The van der Waals surface area contributed by atoms with E-state index in [1.165, 1.54) is 60.2 Å². The summed E-state index contributed by atoms with van der Waals surface area (Å²) in [5, 5.41) is 6.55. The van der Waals surface area contributed by atoms with Crippen molar-refractivity contribution in [1.82, 2.24) is 9.38 Å². The number of rotatable bonds is 0. The van der Waals surface area contributed by atoms with Crippen molar-refractivity contribution in [2.75, 3.05) is 0 Å². The number of pyridine rings is 2. The average Bonchev–Trinajstić information content (AvgIpc) is 3.14. The van der Waals surface area contributed by atoms with Crippen molar-refractivity contribution in [2.24, 2.45) is 0 Å². The molecule has 0 atom stereocenters. The first-order valence-corrected chi connectivity index (χ1v) is 11.3. The smallest absolute Gasteiger partial charge is 0.0822 e. The van der Waals surface area contributed by atoms with Crippen LogP contribution in [0.25, 0.3) is 49.0 Å². The Labute approximate surface area is 181 Å². The Morgan fingerprint density at radius 1 is 0.839 bits per heavy atom. The van der Waals surface area contributed by atoms with Crippen LogP contribution in [-0.4, -0.2) is 9.38 Å². The summed E-state index contributed by atoms with van der Waals surface area (Å²) in [7, 11) is 0. The second-order valence-corrected chi connectivity index (χ2v) is 10.9. The average molecular weight is 403 g/mol. The number of hydrogen-bond acceptors (Lipinski definition) is 1. The highest BCUT2D eigenvalue weighted by molar-refractivity contribution is 6.26. The molecule has 0 aliphatic heterocycles. The number of fused-ring (bicyclic) bond motifs is 7. The van der Waals surface area contributed by atoms with Crippen LogP contribution in [0.3, 0.4) is 0 Å². The molecule has 3 heterocycles. The molecule has 31 heavy (non-hydrogen) atoms. The van der Waals surface area contributed by atoms with Gasteiger partial charge in [-0.3, -0.25) is 4.98 Å². The zero-order valence-corrected chi connectivity index (χ0v) is 18.8. The Balaban J connectivity index is 1.94. The van der Waals surface area contributed by atoms with E-state index in [-0.39, 0.29) is 10.8 Å². The highest BCUT2D eigenvalue weighted by Gasteiger charge is 2.44. The summed E-state index contributed by atoms with van der Waals surface area (Å²) in [5.41, 5.74) is 9.68. The van der Waals surface area contributed by atoms with Crippen LogP contribution in [-0.2, 0) is 10.8 Å². The molecule has 0 unspecified atom stereocenters. The normalized spacial score (nSPS) is 17.6. The van der Waals surface area contributed by atoms with Crippen LogP contribution >= 0.6 is 0 Å². The van der Waals surface area contributed by atoms with Gasteiger partial charge >= 0.3 is 0 Å². The summed E-state index contributed by atoms with van der Waals surface area (Å²) >= 11 is 0. The fourth-order valence-electron chi connectivity index (χ4n) is 6.92. The van der Waals surface area contributed by atoms with Crippen molar-refractivity contribution in [3.05, 3.63) is 71.4 Å². The molecule has 0 fully saturated rings. The molecular weight excluding hydrogens is 376 g/mol. The SMILES string of the molecule is Cc1cc2c3ccccc3n3c4c5c(cc6ccnc(c(c1)c23)c64)C(C)(C)CC5(C)C. The predicted octanol–water partition coefficient (Wildman–Crippen LogP) is 7.65. The van der Waals surface area contributed by atoms with Gasteiger partial charge in [0.05, 0.1) is 22.1 Å². The molecule has 1 aliphatic rings. The first-order valence-electron chi connectivity index (χ1n) is 11.3. The third kappa shape index (κ3) is 1.97. The van der Waals surface area contributed by atoms with Crippen molar-refractivity contribution in [1.29, 1.82) is 0 Å². The summed E-state index contributed by atoms with van der Waals surface area (Å²) < 4.78 is 2.57. The van der Waals surface area contributed by atoms with Gasteiger partial charge in [0, 0.05) is 27.7 Å². The second-order valence-electron chi connectivity index (χ2n) is 10.9. The first kappa shape index (κ1) is 17.5. The Bertz CT molecular complexity index is 1710. The van der Waals surface area contributed by atoms with E-state index in [1.807, 2.05) is 6.20 Å². The van der Waals surface area contributed by atoms with Gasteiger partial charge in [-0.25, -0.2) is 0 Å². The van der Waals surface area contributed by atoms with Gasteiger partial charge in [-0.15, -0.1) is 0 Å². The molecule has 3 aromatic heterocycles. The van der Waals surface area contributed by atoms with E-state index in [9.17, 15) is 0 Å². The first-order chi connectivity index (χ1) is 14.8. The Hall–Kier alpha value is -3.13. The summed E-state index contributed by atoms with van der Waals surface area (Å²) in [6.45, 7) is 11.9. The molecule has 0 saturated carbocycles. The Kier molecular flexibility index (Phi) is 2.94. The minimum Gasteiger partial charge on any atom is -0.308 e. The molecule has 0 N–H and O–H groups in total. The summed E-state index contributed by atoms with van der Waals surface area (Å²) in [4.78, 5) is 4.97. The van der Waals surface area contributed by atoms with Gasteiger partial charge in [0.15, 0.2) is 0 Å². The molecule has 0 saturated heterocycles. The number of nitrogens with zero attached hydrogens (tertiary/aromatic N) is 2. The monoisotopic (exact) mass is 402 g/mol. The number of para-hydroxylation sites is 1. The standard InChI is InChI=1S/C29H26N2/c1-16-12-19-18-8-6-7-9-22(18)31-26(19)20(13-16)25-23-17(10-11-30-25)14-21-24(27(23)31)29(4,5)15-28(21,2)3/h6-14H,15H2,1-5H3. The maximum Gasteiger partial charge on any atom is 0.0822 e. The largest absolute Gasteiger partial charge is 0.308 e. The fourth-order valence-corrected chi connectivity index (χ4v) is 6.92. The molecule has 0 amide bonds. The van der Waals surface area contributed by atoms with Crippen molar-refractivity contribution in [2.45, 2.75) is 51.9 Å². The number of aromatic nitrogens is 2. The third-order valence-corrected chi connectivity index (χ3v) is 7.71. The molecule has 7 rings (SSSR count). The van der Waals surface area contributed by atoms with Gasteiger partial charge in [-0.1, -0.05) is 52.0 Å². The van der Waals surface area contributed by atoms with Gasteiger partial charge in [-0.05, 0) is 70.5 Å². The summed E-state index contributed by atoms with van der Waals surface area (Å²) in [6, 6.07) is 18.2. The van der Waals surface area contributed by atoms with E-state index >= 15 is 0 Å². The van der Waals surface area contributed by atoms with Gasteiger partial charge in [0.25, 0.3) is 0 Å². The van der Waals surface area contributed by atoms with Crippen LogP contribution in [0.4, 0.5) is 0 Å². The lowest BCUT2D eigenvalue weighted by Gasteiger charge is -2.24. The van der Waals surface area contributed by atoms with Gasteiger partial charge in [-0.2, -0.15) is 0 Å². The van der Waals surface area contributed by atoms with Crippen LogP contribution in [0.1, 0.15) is 50.8 Å². The van der Waals surface area contributed by atoms with Crippen molar-refractivity contribution in [3.63, 3.8) is 0 Å². The molecule has 152 valence electrons. The lowest BCUT2D eigenvalue weighted by Crippen LogP contribution is -2.18. The Morgan fingerprint density at radius 3 is 2.45 bits per heavy atom. The molecule has 0 spiro atoms. The van der Waals surface area contributed by atoms with Crippen LogP contribution < -0.4 is 0 Å². The van der Waals surface area contributed by atoms with Gasteiger partial charge in [0.1, 0.15) is 0 Å². The van der Waals surface area contributed by atoms with Crippen molar-refractivity contribution in [3.8, 4) is 0 Å². The third-order valence-electron chi connectivity index (χ3n) is 7.71. The lowest BCUT2D eigenvalue weighted by molar-refractivity contribution is 0.404.